The molecule has 0 bridgehead atoms. The number of hydrogen-bond acceptors (Lipinski definition) is 6. The molecule has 4 rings (SSSR count). The smallest absolute Gasteiger partial charge is 0.475 e. The first-order chi connectivity index (χ1) is 18.3. The molecule has 2 aliphatic rings. The van der Waals surface area contributed by atoms with E-state index in [-0.39, 0.29) is 18.0 Å². The number of carboxylic acid groups (broad SMARTS) is 1. The molecule has 2 aliphatic heterocycles. The van der Waals surface area contributed by atoms with E-state index in [0.717, 1.165) is 18.5 Å². The van der Waals surface area contributed by atoms with E-state index in [2.05, 4.69) is 10.6 Å². The van der Waals surface area contributed by atoms with Crippen molar-refractivity contribution >= 4 is 40.9 Å². The normalized spacial score (nSPS) is 19.7. The second kappa shape index (κ2) is 13.0. The Labute approximate surface area is 227 Å². The Hall–Kier alpha value is -3.55. The molecule has 14 heteroatoms. The summed E-state index contributed by atoms with van der Waals surface area (Å²) >= 11 is 5.91. The third-order valence-corrected chi connectivity index (χ3v) is 6.61. The van der Waals surface area contributed by atoms with Gasteiger partial charge in [0.2, 0.25) is 0 Å². The van der Waals surface area contributed by atoms with Crippen molar-refractivity contribution < 1.29 is 37.8 Å². The van der Waals surface area contributed by atoms with Crippen LogP contribution in [0.3, 0.4) is 0 Å². The molecule has 212 valence electrons. The molecule has 2 atom stereocenters. The molecule has 2 aromatic carbocycles. The zero-order valence-corrected chi connectivity index (χ0v) is 21.5. The van der Waals surface area contributed by atoms with Crippen LogP contribution < -0.4 is 21.3 Å². The SMILES string of the molecule is NC(=O)Nc1ccccc1N1CC(NC2CCN(C(=O)c3ccc(Cl)cc3)CC2)[C@H](O)C1.O=C(O)C(F)(F)F. The standard InChI is InChI=1S/C23H28ClN5O3.C2HF3O2/c24-16-7-5-15(6-8-16)22(31)28-11-9-17(10-12-28)26-19-13-29(14-21(19)30)20-4-2-1-3-18(20)27-23(25)32;3-2(4,5)1(6)7/h1-8,17,19,21,26,30H,9-14H2,(H3,25,27,32);(H,6,7)/t19?,21-;/m1./s1. The lowest BCUT2D eigenvalue weighted by molar-refractivity contribution is -0.192. The van der Waals surface area contributed by atoms with Crippen LogP contribution in [0, 0.1) is 0 Å². The minimum Gasteiger partial charge on any atom is -0.475 e. The topological polar surface area (TPSA) is 148 Å². The summed E-state index contributed by atoms with van der Waals surface area (Å²) in [5.41, 5.74) is 7.38. The molecule has 1 unspecified atom stereocenters. The third-order valence-electron chi connectivity index (χ3n) is 6.36. The Balaban J connectivity index is 0.000000532. The number of alkyl halides is 3. The van der Waals surface area contributed by atoms with Crippen LogP contribution in [0.25, 0.3) is 0 Å². The van der Waals surface area contributed by atoms with Crippen molar-refractivity contribution in [2.24, 2.45) is 5.73 Å². The molecule has 2 heterocycles. The van der Waals surface area contributed by atoms with Gasteiger partial charge in [0, 0.05) is 42.8 Å². The molecule has 2 aromatic rings. The van der Waals surface area contributed by atoms with Crippen LogP contribution in [-0.2, 0) is 4.79 Å². The third kappa shape index (κ3) is 8.47. The highest BCUT2D eigenvalue weighted by Gasteiger charge is 2.38. The molecule has 2 saturated heterocycles. The van der Waals surface area contributed by atoms with Crippen LogP contribution in [0.4, 0.5) is 29.3 Å². The highest BCUT2D eigenvalue weighted by molar-refractivity contribution is 6.30. The van der Waals surface area contributed by atoms with Crippen molar-refractivity contribution in [3.63, 3.8) is 0 Å². The number of nitrogens with one attached hydrogen (secondary N) is 2. The number of nitrogens with two attached hydrogens (primary N) is 1. The van der Waals surface area contributed by atoms with Crippen LogP contribution in [0.15, 0.2) is 48.5 Å². The lowest BCUT2D eigenvalue weighted by atomic mass is 10.0. The predicted octanol–water partition coefficient (Wildman–Crippen LogP) is 2.91. The summed E-state index contributed by atoms with van der Waals surface area (Å²) in [5.74, 6) is -2.74. The van der Waals surface area contributed by atoms with Crippen LogP contribution >= 0.6 is 11.6 Å². The van der Waals surface area contributed by atoms with Gasteiger partial charge in [-0.2, -0.15) is 13.2 Å². The summed E-state index contributed by atoms with van der Waals surface area (Å²) in [6, 6.07) is 13.9. The number of para-hydroxylation sites is 2. The van der Waals surface area contributed by atoms with Gasteiger partial charge in [-0.25, -0.2) is 9.59 Å². The number of nitrogens with zero attached hydrogens (tertiary/aromatic N) is 2. The summed E-state index contributed by atoms with van der Waals surface area (Å²) in [4.78, 5) is 36.8. The molecule has 3 amide bonds. The first-order valence-corrected chi connectivity index (χ1v) is 12.4. The number of primary amides is 1. The van der Waals surface area contributed by atoms with Crippen LogP contribution in [0.5, 0.6) is 0 Å². The van der Waals surface area contributed by atoms with E-state index in [1.807, 2.05) is 28.0 Å². The Morgan fingerprint density at radius 3 is 2.15 bits per heavy atom. The fourth-order valence-corrected chi connectivity index (χ4v) is 4.59. The molecule has 39 heavy (non-hydrogen) atoms. The van der Waals surface area contributed by atoms with Gasteiger partial charge in [-0.3, -0.25) is 4.79 Å². The quantitative estimate of drug-likeness (QED) is 0.370. The maximum atomic E-state index is 12.7. The van der Waals surface area contributed by atoms with Crippen molar-refractivity contribution in [2.75, 3.05) is 36.4 Å². The number of hydrogen-bond donors (Lipinski definition) is 5. The molecular formula is C25H29ClF3N5O5. The Bertz CT molecular complexity index is 1160. The maximum Gasteiger partial charge on any atom is 0.490 e. The second-order valence-corrected chi connectivity index (χ2v) is 9.56. The van der Waals surface area contributed by atoms with Crippen molar-refractivity contribution in [1.82, 2.24) is 10.2 Å². The summed E-state index contributed by atoms with van der Waals surface area (Å²) in [7, 11) is 0. The van der Waals surface area contributed by atoms with Gasteiger partial charge in [-0.1, -0.05) is 23.7 Å². The van der Waals surface area contributed by atoms with Gasteiger partial charge in [0.25, 0.3) is 5.91 Å². The molecular weight excluding hydrogens is 543 g/mol. The minimum atomic E-state index is -5.08. The number of aliphatic hydroxyl groups is 1. The number of aliphatic carboxylic acids is 1. The van der Waals surface area contributed by atoms with E-state index in [1.54, 1.807) is 30.3 Å². The average Bonchev–Trinajstić information content (AvgIpc) is 3.24. The number of anilines is 2. The lowest BCUT2D eigenvalue weighted by Gasteiger charge is -2.34. The number of aliphatic hydroxyl groups excluding tert-OH is 1. The van der Waals surface area contributed by atoms with Crippen LogP contribution in [0.1, 0.15) is 23.2 Å². The highest BCUT2D eigenvalue weighted by Crippen LogP contribution is 2.29. The molecule has 2 fully saturated rings. The molecule has 0 spiro atoms. The van der Waals surface area contributed by atoms with E-state index in [9.17, 15) is 27.9 Å². The zero-order valence-electron chi connectivity index (χ0n) is 20.7. The highest BCUT2D eigenvalue weighted by atomic mass is 35.5. The minimum absolute atomic E-state index is 0.0192. The number of likely N-dealkylation sites (tertiary alicyclic amines) is 1. The number of carboxylic acids is 1. The van der Waals surface area contributed by atoms with E-state index >= 15 is 0 Å². The maximum absolute atomic E-state index is 12.7. The molecule has 0 radical (unpaired) electrons. The average molecular weight is 572 g/mol. The van der Waals surface area contributed by atoms with Crippen molar-refractivity contribution in [1.29, 1.82) is 0 Å². The molecule has 0 aliphatic carbocycles. The van der Waals surface area contributed by atoms with E-state index in [1.165, 1.54) is 0 Å². The second-order valence-electron chi connectivity index (χ2n) is 9.13. The summed E-state index contributed by atoms with van der Waals surface area (Å²) < 4.78 is 31.7. The first-order valence-electron chi connectivity index (χ1n) is 12.0. The summed E-state index contributed by atoms with van der Waals surface area (Å²) in [6.45, 7) is 2.40. The Kier molecular flexibility index (Phi) is 10.0. The lowest BCUT2D eigenvalue weighted by Crippen LogP contribution is -2.50. The van der Waals surface area contributed by atoms with Gasteiger partial charge in [0.15, 0.2) is 0 Å². The first kappa shape index (κ1) is 30.0. The summed E-state index contributed by atoms with van der Waals surface area (Å²) in [6.07, 6.45) is -3.98. The van der Waals surface area contributed by atoms with Gasteiger partial charge in [-0.15, -0.1) is 0 Å². The van der Waals surface area contributed by atoms with Crippen LogP contribution in [0.2, 0.25) is 5.02 Å². The number of piperidine rings is 1. The number of β-amino-alcohol motifs (C(OH)–C–C–N with tert-alkyl or cyclic N) is 1. The Morgan fingerprint density at radius 1 is 1.00 bits per heavy atom. The number of carbonyl (C=O) groups excluding carboxylic acids is 2. The van der Waals surface area contributed by atoms with E-state index in [4.69, 9.17) is 27.2 Å². The van der Waals surface area contributed by atoms with Crippen molar-refractivity contribution in [2.45, 2.75) is 37.2 Å². The monoisotopic (exact) mass is 571 g/mol. The number of halogens is 4. The summed E-state index contributed by atoms with van der Waals surface area (Å²) in [5, 5.41) is 24.6. The van der Waals surface area contributed by atoms with E-state index in [0.29, 0.717) is 42.5 Å². The number of rotatable bonds is 5. The number of carbonyl (C=O) groups is 3. The van der Waals surface area contributed by atoms with Gasteiger partial charge in [0.05, 0.1) is 23.5 Å². The van der Waals surface area contributed by atoms with E-state index < -0.39 is 24.3 Å². The van der Waals surface area contributed by atoms with Crippen molar-refractivity contribution in [3.05, 3.63) is 59.1 Å². The van der Waals surface area contributed by atoms with Gasteiger partial charge >= 0.3 is 18.2 Å². The Morgan fingerprint density at radius 2 is 1.59 bits per heavy atom. The molecule has 0 saturated carbocycles. The van der Waals surface area contributed by atoms with Gasteiger partial charge < -0.3 is 36.4 Å². The number of benzene rings is 2. The molecule has 10 nitrogen and oxygen atoms in total. The fraction of sp³-hybridized carbons (Fsp3) is 0.400. The molecule has 0 aromatic heterocycles. The number of urea groups is 1. The zero-order chi connectivity index (χ0) is 28.7. The largest absolute Gasteiger partial charge is 0.490 e. The van der Waals surface area contributed by atoms with Gasteiger partial charge in [0.1, 0.15) is 0 Å². The fourth-order valence-electron chi connectivity index (χ4n) is 4.46. The van der Waals surface area contributed by atoms with Gasteiger partial charge in [-0.05, 0) is 49.2 Å². The number of amides is 3. The predicted molar refractivity (Wildman–Crippen MR) is 139 cm³/mol. The van der Waals surface area contributed by atoms with Crippen molar-refractivity contribution in [3.8, 4) is 0 Å². The van der Waals surface area contributed by atoms with Crippen LogP contribution in [-0.4, -0.2) is 83.6 Å². The molecule has 6 N–H and O–H groups in total.